The van der Waals surface area contributed by atoms with Crippen molar-refractivity contribution in [2.45, 2.75) is 38.3 Å². The van der Waals surface area contributed by atoms with Gasteiger partial charge in [0.2, 0.25) is 5.91 Å². The van der Waals surface area contributed by atoms with Gasteiger partial charge < -0.3 is 15.7 Å². The van der Waals surface area contributed by atoms with Crippen molar-refractivity contribution in [3.63, 3.8) is 0 Å². The molecule has 0 aliphatic heterocycles. The van der Waals surface area contributed by atoms with Crippen LogP contribution < -0.4 is 10.6 Å². The second-order valence-corrected chi connectivity index (χ2v) is 3.54. The number of carbonyl (C=O) groups is 1. The highest BCUT2D eigenvalue weighted by Crippen LogP contribution is 2.18. The normalized spacial score (nSPS) is 18.3. The summed E-state index contributed by atoms with van der Waals surface area (Å²) in [5, 5.41) is 14.5. The minimum absolute atomic E-state index is 0.0699. The molecule has 0 bridgehead atoms. The van der Waals surface area contributed by atoms with E-state index < -0.39 is 0 Å². The van der Waals surface area contributed by atoms with Crippen LogP contribution in [-0.4, -0.2) is 36.2 Å². The fourth-order valence-corrected chi connectivity index (χ4v) is 1.04. The third kappa shape index (κ3) is 4.24. The maximum Gasteiger partial charge on any atom is 0.237 e. The molecule has 0 aromatic heterocycles. The Morgan fingerprint density at radius 1 is 1.62 bits per heavy atom. The lowest BCUT2D eigenvalue weighted by atomic mass is 10.3. The molecule has 1 saturated carbocycles. The smallest absolute Gasteiger partial charge is 0.237 e. The molecule has 1 unspecified atom stereocenters. The van der Waals surface area contributed by atoms with E-state index in [1.165, 1.54) is 0 Å². The molecular formula is C9H18N2O2. The quantitative estimate of drug-likeness (QED) is 0.496. The lowest BCUT2D eigenvalue weighted by Gasteiger charge is -2.12. The number of hydrogen-bond acceptors (Lipinski definition) is 3. The van der Waals surface area contributed by atoms with Crippen molar-refractivity contribution in [2.75, 3.05) is 13.2 Å². The van der Waals surface area contributed by atoms with Crippen LogP contribution in [0.15, 0.2) is 0 Å². The average molecular weight is 186 g/mol. The van der Waals surface area contributed by atoms with E-state index in [1.807, 2.05) is 6.92 Å². The zero-order valence-corrected chi connectivity index (χ0v) is 8.05. The molecule has 1 amide bonds. The van der Waals surface area contributed by atoms with Crippen molar-refractivity contribution in [3.8, 4) is 0 Å². The molecular weight excluding hydrogens is 168 g/mol. The summed E-state index contributed by atoms with van der Waals surface area (Å²) in [6.45, 7) is 2.70. The highest BCUT2D eigenvalue weighted by Gasteiger charge is 2.25. The van der Waals surface area contributed by atoms with Crippen molar-refractivity contribution in [1.29, 1.82) is 0 Å². The Morgan fingerprint density at radius 2 is 2.31 bits per heavy atom. The second kappa shape index (κ2) is 5.19. The van der Waals surface area contributed by atoms with Crippen LogP contribution in [0.3, 0.4) is 0 Å². The van der Waals surface area contributed by atoms with Gasteiger partial charge in [-0.15, -0.1) is 0 Å². The van der Waals surface area contributed by atoms with Crippen LogP contribution in [0.25, 0.3) is 0 Å². The first-order valence-corrected chi connectivity index (χ1v) is 4.88. The molecule has 1 rings (SSSR count). The SMILES string of the molecule is CC(NCCCO)C(=O)NC1CC1. The van der Waals surface area contributed by atoms with Gasteiger partial charge in [0.25, 0.3) is 0 Å². The van der Waals surface area contributed by atoms with Crippen LogP contribution >= 0.6 is 0 Å². The Labute approximate surface area is 78.7 Å². The van der Waals surface area contributed by atoms with Crippen LogP contribution in [-0.2, 0) is 4.79 Å². The van der Waals surface area contributed by atoms with E-state index in [4.69, 9.17) is 5.11 Å². The van der Waals surface area contributed by atoms with Crippen molar-refractivity contribution in [3.05, 3.63) is 0 Å². The molecule has 0 radical (unpaired) electrons. The second-order valence-electron chi connectivity index (χ2n) is 3.54. The largest absolute Gasteiger partial charge is 0.396 e. The van der Waals surface area contributed by atoms with Crippen LogP contribution in [0.1, 0.15) is 26.2 Å². The van der Waals surface area contributed by atoms with Gasteiger partial charge >= 0.3 is 0 Å². The van der Waals surface area contributed by atoms with Gasteiger partial charge in [0.05, 0.1) is 6.04 Å². The Balaban J connectivity index is 2.05. The summed E-state index contributed by atoms with van der Waals surface area (Å²) in [6.07, 6.45) is 2.94. The number of nitrogens with one attached hydrogen (secondary N) is 2. The minimum Gasteiger partial charge on any atom is -0.396 e. The Hall–Kier alpha value is -0.610. The Morgan fingerprint density at radius 3 is 2.85 bits per heavy atom. The summed E-state index contributed by atoms with van der Waals surface area (Å²) < 4.78 is 0. The van der Waals surface area contributed by atoms with E-state index in [0.717, 1.165) is 12.8 Å². The Kier molecular flexibility index (Phi) is 4.18. The molecule has 1 aliphatic rings. The molecule has 0 saturated heterocycles. The monoisotopic (exact) mass is 186 g/mol. The fraction of sp³-hybridized carbons (Fsp3) is 0.889. The van der Waals surface area contributed by atoms with Crippen LogP contribution in [0.5, 0.6) is 0 Å². The fourth-order valence-electron chi connectivity index (χ4n) is 1.04. The molecule has 4 nitrogen and oxygen atoms in total. The van der Waals surface area contributed by atoms with Gasteiger partial charge in [-0.1, -0.05) is 0 Å². The van der Waals surface area contributed by atoms with Crippen LogP contribution in [0.2, 0.25) is 0 Å². The molecule has 0 aromatic rings. The van der Waals surface area contributed by atoms with Crippen LogP contribution in [0.4, 0.5) is 0 Å². The van der Waals surface area contributed by atoms with Crippen LogP contribution in [0, 0.1) is 0 Å². The zero-order chi connectivity index (χ0) is 9.68. The van der Waals surface area contributed by atoms with Crippen molar-refractivity contribution in [1.82, 2.24) is 10.6 Å². The number of amides is 1. The molecule has 1 fully saturated rings. The summed E-state index contributed by atoms with van der Waals surface area (Å²) in [5.41, 5.74) is 0. The Bertz CT molecular complexity index is 169. The first-order chi connectivity index (χ1) is 6.24. The van der Waals surface area contributed by atoms with Gasteiger partial charge in [-0.2, -0.15) is 0 Å². The highest BCUT2D eigenvalue weighted by molar-refractivity contribution is 5.81. The molecule has 0 heterocycles. The van der Waals surface area contributed by atoms with E-state index in [-0.39, 0.29) is 18.6 Å². The summed E-state index contributed by atoms with van der Waals surface area (Å²) in [5.74, 6) is 0.0699. The standard InChI is InChI=1S/C9H18N2O2/c1-7(10-5-2-6-12)9(13)11-8-3-4-8/h7-8,10,12H,2-6H2,1H3,(H,11,13). The molecule has 0 aromatic carbocycles. The van der Waals surface area contributed by atoms with E-state index in [2.05, 4.69) is 10.6 Å². The van der Waals surface area contributed by atoms with Gasteiger partial charge in [0.1, 0.15) is 0 Å². The van der Waals surface area contributed by atoms with Gasteiger partial charge in [-0.3, -0.25) is 4.79 Å². The molecule has 1 atom stereocenters. The van der Waals surface area contributed by atoms with Crippen molar-refractivity contribution >= 4 is 5.91 Å². The highest BCUT2D eigenvalue weighted by atomic mass is 16.3. The number of aliphatic hydroxyl groups is 1. The molecule has 3 N–H and O–H groups in total. The maximum absolute atomic E-state index is 11.4. The first kappa shape index (κ1) is 10.5. The topological polar surface area (TPSA) is 61.4 Å². The molecule has 76 valence electrons. The van der Waals surface area contributed by atoms with Gasteiger partial charge in [-0.05, 0) is 32.7 Å². The first-order valence-electron chi connectivity index (χ1n) is 4.88. The van der Waals surface area contributed by atoms with E-state index >= 15 is 0 Å². The third-order valence-corrected chi connectivity index (χ3v) is 2.10. The number of rotatable bonds is 6. The maximum atomic E-state index is 11.4. The lowest BCUT2D eigenvalue weighted by molar-refractivity contribution is -0.122. The molecule has 0 spiro atoms. The number of aliphatic hydroxyl groups excluding tert-OH is 1. The summed E-state index contributed by atoms with van der Waals surface area (Å²) in [7, 11) is 0. The van der Waals surface area contributed by atoms with E-state index in [1.54, 1.807) is 0 Å². The zero-order valence-electron chi connectivity index (χ0n) is 8.05. The molecule has 1 aliphatic carbocycles. The average Bonchev–Trinajstić information content (AvgIpc) is 2.88. The lowest BCUT2D eigenvalue weighted by Crippen LogP contribution is -2.43. The third-order valence-electron chi connectivity index (χ3n) is 2.10. The number of hydrogen-bond donors (Lipinski definition) is 3. The summed E-state index contributed by atoms with van der Waals surface area (Å²) in [6, 6.07) is 0.279. The van der Waals surface area contributed by atoms with Gasteiger partial charge in [0.15, 0.2) is 0 Å². The number of carbonyl (C=O) groups excluding carboxylic acids is 1. The molecule has 4 heteroatoms. The van der Waals surface area contributed by atoms with Crippen molar-refractivity contribution < 1.29 is 9.90 Å². The molecule has 13 heavy (non-hydrogen) atoms. The van der Waals surface area contributed by atoms with Gasteiger partial charge in [0, 0.05) is 12.6 Å². The van der Waals surface area contributed by atoms with E-state index in [0.29, 0.717) is 19.0 Å². The van der Waals surface area contributed by atoms with E-state index in [9.17, 15) is 4.79 Å². The summed E-state index contributed by atoms with van der Waals surface area (Å²) >= 11 is 0. The summed E-state index contributed by atoms with van der Waals surface area (Å²) in [4.78, 5) is 11.4. The minimum atomic E-state index is -0.146. The predicted molar refractivity (Wildman–Crippen MR) is 50.3 cm³/mol. The van der Waals surface area contributed by atoms with Gasteiger partial charge in [-0.25, -0.2) is 0 Å². The van der Waals surface area contributed by atoms with Crippen molar-refractivity contribution in [2.24, 2.45) is 0 Å². The predicted octanol–water partition coefficient (Wildman–Crippen LogP) is -0.374.